The standard InChI is InChI=1S/C55H42S/c1-55(2)49-24-11-9-18-38(49)47-30-44(45-31-46-39-19-10-12-25-50(39)56-51(46)32-48(45)54(47)55)35-16-13-17-36(29-35)52-40-20-5-7-22-42(40)53(43-23-8-6-21-41(43)52)37-27-26-33-14-3-4-15-34(33)28-37/h3-5,7,9-12,14-16,18-31,51H,6,8,13,17,32H2,1-2H3. The van der Waals surface area contributed by atoms with Crippen LogP contribution in [0.1, 0.15) is 78.5 Å². The fourth-order valence-electron chi connectivity index (χ4n) is 11.0. The molecule has 268 valence electrons. The lowest BCUT2D eigenvalue weighted by atomic mass is 9.73. The van der Waals surface area contributed by atoms with Gasteiger partial charge in [-0.15, -0.1) is 11.8 Å². The third kappa shape index (κ3) is 4.68. The number of rotatable bonds is 3. The summed E-state index contributed by atoms with van der Waals surface area (Å²) in [5.41, 5.74) is 20.1. The Morgan fingerprint density at radius 3 is 2.16 bits per heavy atom. The molecule has 0 nitrogen and oxygen atoms in total. The van der Waals surface area contributed by atoms with Crippen molar-refractivity contribution in [3.63, 3.8) is 0 Å². The molecule has 7 aromatic rings. The molecule has 0 amide bonds. The van der Waals surface area contributed by atoms with E-state index in [2.05, 4.69) is 177 Å². The van der Waals surface area contributed by atoms with Gasteiger partial charge in [0.2, 0.25) is 0 Å². The third-order valence-corrected chi connectivity index (χ3v) is 14.7. The van der Waals surface area contributed by atoms with Gasteiger partial charge in [0.05, 0.1) is 0 Å². The second kappa shape index (κ2) is 12.2. The lowest BCUT2D eigenvalue weighted by molar-refractivity contribution is 0.650. The van der Waals surface area contributed by atoms with Crippen molar-refractivity contribution < 1.29 is 0 Å². The molecule has 0 spiro atoms. The largest absolute Gasteiger partial charge is 0.117 e. The van der Waals surface area contributed by atoms with Gasteiger partial charge in [-0.25, -0.2) is 0 Å². The lowest BCUT2D eigenvalue weighted by Gasteiger charge is -2.31. The highest BCUT2D eigenvalue weighted by molar-refractivity contribution is 8.00. The summed E-state index contributed by atoms with van der Waals surface area (Å²) in [6.45, 7) is 4.91. The Morgan fingerprint density at radius 1 is 0.589 bits per heavy atom. The molecule has 0 aromatic heterocycles. The summed E-state index contributed by atoms with van der Waals surface area (Å²) < 4.78 is 0. The van der Waals surface area contributed by atoms with Crippen molar-refractivity contribution in [2.75, 3.05) is 0 Å². The highest BCUT2D eigenvalue weighted by atomic mass is 32.2. The van der Waals surface area contributed by atoms with Gasteiger partial charge < -0.3 is 0 Å². The average Bonchev–Trinajstić information content (AvgIpc) is 3.72. The SMILES string of the molecule is CC1(C)c2ccccc2-c2cc(C3=CCCC(c4c5c(c(-c6ccc7ccccc7c6)c6ccccc46)=CCCC=5)=C3)c3c(c21)CC1Sc2ccccc2C1=C3. The van der Waals surface area contributed by atoms with Crippen molar-refractivity contribution in [3.8, 4) is 22.3 Å². The van der Waals surface area contributed by atoms with Gasteiger partial charge in [-0.1, -0.05) is 141 Å². The molecule has 0 fully saturated rings. The minimum Gasteiger partial charge on any atom is -0.117 e. The summed E-state index contributed by atoms with van der Waals surface area (Å²) in [4.78, 5) is 1.42. The highest BCUT2D eigenvalue weighted by Gasteiger charge is 2.42. The molecule has 1 atom stereocenters. The van der Waals surface area contributed by atoms with E-state index < -0.39 is 0 Å². The van der Waals surface area contributed by atoms with Crippen LogP contribution in [0.25, 0.3) is 78.7 Å². The molecule has 0 radical (unpaired) electrons. The van der Waals surface area contributed by atoms with E-state index in [9.17, 15) is 0 Å². The van der Waals surface area contributed by atoms with E-state index in [0.717, 1.165) is 32.1 Å². The molecule has 4 aliphatic carbocycles. The van der Waals surface area contributed by atoms with Crippen LogP contribution in [0.15, 0.2) is 138 Å². The fourth-order valence-corrected chi connectivity index (χ4v) is 12.4. The summed E-state index contributed by atoms with van der Waals surface area (Å²) in [7, 11) is 0. The first-order chi connectivity index (χ1) is 27.5. The minimum absolute atomic E-state index is 0.0466. The van der Waals surface area contributed by atoms with Crippen molar-refractivity contribution in [1.82, 2.24) is 0 Å². The van der Waals surface area contributed by atoms with E-state index in [4.69, 9.17) is 0 Å². The van der Waals surface area contributed by atoms with Crippen molar-refractivity contribution in [2.45, 2.75) is 61.5 Å². The van der Waals surface area contributed by atoms with E-state index >= 15 is 0 Å². The molecule has 0 N–H and O–H groups in total. The van der Waals surface area contributed by atoms with Gasteiger partial charge in [-0.3, -0.25) is 0 Å². The molecule has 1 heterocycles. The maximum atomic E-state index is 2.60. The summed E-state index contributed by atoms with van der Waals surface area (Å²) in [5, 5.41) is 8.57. The van der Waals surface area contributed by atoms with Crippen LogP contribution in [0.3, 0.4) is 0 Å². The molecule has 0 bridgehead atoms. The number of benzene rings is 7. The van der Waals surface area contributed by atoms with Crippen LogP contribution in [0.4, 0.5) is 0 Å². The van der Waals surface area contributed by atoms with Crippen LogP contribution in [0.5, 0.6) is 0 Å². The maximum Gasteiger partial charge on any atom is 0.0391 e. The van der Waals surface area contributed by atoms with Gasteiger partial charge >= 0.3 is 0 Å². The van der Waals surface area contributed by atoms with Gasteiger partial charge in [-0.05, 0) is 166 Å². The van der Waals surface area contributed by atoms with Crippen molar-refractivity contribution >= 4 is 68.3 Å². The van der Waals surface area contributed by atoms with Crippen LogP contribution in [0.2, 0.25) is 0 Å². The molecule has 56 heavy (non-hydrogen) atoms. The molecule has 0 saturated heterocycles. The van der Waals surface area contributed by atoms with Crippen LogP contribution in [-0.2, 0) is 11.8 Å². The zero-order valence-corrected chi connectivity index (χ0v) is 32.8. The Bertz CT molecular complexity index is 3110. The molecular weight excluding hydrogens is 693 g/mol. The van der Waals surface area contributed by atoms with Crippen molar-refractivity contribution in [1.29, 1.82) is 0 Å². The molecule has 5 aliphatic rings. The Balaban J connectivity index is 1.09. The molecular formula is C55H42S. The van der Waals surface area contributed by atoms with Gasteiger partial charge in [0, 0.05) is 15.6 Å². The predicted octanol–water partition coefficient (Wildman–Crippen LogP) is 13.2. The molecule has 1 heteroatoms. The first-order valence-electron chi connectivity index (χ1n) is 20.5. The quantitative estimate of drug-likeness (QED) is 0.174. The van der Waals surface area contributed by atoms with Crippen molar-refractivity contribution in [2.24, 2.45) is 0 Å². The van der Waals surface area contributed by atoms with E-state index in [0.29, 0.717) is 5.25 Å². The number of thioether (sulfide) groups is 1. The number of hydrogen-bond acceptors (Lipinski definition) is 1. The normalized spacial score (nSPS) is 18.3. The maximum absolute atomic E-state index is 2.60. The number of allylic oxidation sites excluding steroid dienone is 4. The molecule has 1 unspecified atom stereocenters. The van der Waals surface area contributed by atoms with Crippen molar-refractivity contribution in [3.05, 3.63) is 183 Å². The summed E-state index contributed by atoms with van der Waals surface area (Å²) in [6, 6.07) is 45.8. The number of fused-ring (bicyclic) bond motifs is 11. The summed E-state index contributed by atoms with van der Waals surface area (Å²) in [6.07, 6.45) is 18.1. The van der Waals surface area contributed by atoms with Gasteiger partial charge in [0.1, 0.15) is 0 Å². The van der Waals surface area contributed by atoms with Crippen LogP contribution in [-0.4, -0.2) is 5.25 Å². The predicted molar refractivity (Wildman–Crippen MR) is 241 cm³/mol. The second-order valence-electron chi connectivity index (χ2n) is 16.9. The summed E-state index contributed by atoms with van der Waals surface area (Å²) in [5.74, 6) is 0. The minimum atomic E-state index is -0.0466. The first-order valence-corrected chi connectivity index (χ1v) is 21.3. The Morgan fingerprint density at radius 2 is 1.30 bits per heavy atom. The topological polar surface area (TPSA) is 0 Å². The van der Waals surface area contributed by atoms with Crippen LogP contribution >= 0.6 is 11.8 Å². The zero-order chi connectivity index (χ0) is 37.1. The Hall–Kier alpha value is -5.63. The van der Waals surface area contributed by atoms with Gasteiger partial charge in [-0.2, -0.15) is 0 Å². The van der Waals surface area contributed by atoms with E-state index in [-0.39, 0.29) is 5.41 Å². The molecule has 1 aliphatic heterocycles. The monoisotopic (exact) mass is 734 g/mol. The Labute approximate surface area is 333 Å². The van der Waals surface area contributed by atoms with E-state index in [1.54, 1.807) is 11.1 Å². The smallest absolute Gasteiger partial charge is 0.0391 e. The van der Waals surface area contributed by atoms with E-state index in [1.807, 2.05) is 0 Å². The average molecular weight is 735 g/mol. The summed E-state index contributed by atoms with van der Waals surface area (Å²) >= 11 is 2.06. The lowest BCUT2D eigenvalue weighted by Crippen LogP contribution is -2.33. The van der Waals surface area contributed by atoms with Crippen LogP contribution in [0, 0.1) is 0 Å². The van der Waals surface area contributed by atoms with Gasteiger partial charge in [0.25, 0.3) is 0 Å². The molecule has 0 saturated carbocycles. The molecule has 12 rings (SSSR count). The van der Waals surface area contributed by atoms with Gasteiger partial charge in [0.15, 0.2) is 0 Å². The zero-order valence-electron chi connectivity index (χ0n) is 32.0. The second-order valence-corrected chi connectivity index (χ2v) is 18.1. The fraction of sp³-hybridized carbons (Fsp3) is 0.164. The third-order valence-electron chi connectivity index (χ3n) is 13.4. The number of hydrogen-bond donors (Lipinski definition) is 0. The molecule has 7 aromatic carbocycles. The van der Waals surface area contributed by atoms with Crippen LogP contribution < -0.4 is 10.4 Å². The Kier molecular flexibility index (Phi) is 7.09. The first kappa shape index (κ1) is 32.6. The van der Waals surface area contributed by atoms with E-state index in [1.165, 1.54) is 104 Å². The highest BCUT2D eigenvalue weighted by Crippen LogP contribution is 2.57.